The molecule has 0 aromatic heterocycles. The van der Waals surface area contributed by atoms with E-state index in [2.05, 4.69) is 38.8 Å². The predicted octanol–water partition coefficient (Wildman–Crippen LogP) is 3.44. The summed E-state index contributed by atoms with van der Waals surface area (Å²) in [4.78, 5) is 0. The van der Waals surface area contributed by atoms with Crippen LogP contribution in [0, 0.1) is 0 Å². The van der Waals surface area contributed by atoms with Crippen molar-refractivity contribution in [2.75, 3.05) is 6.61 Å². The van der Waals surface area contributed by atoms with Crippen LogP contribution in [0.1, 0.15) is 39.0 Å². The van der Waals surface area contributed by atoms with Crippen molar-refractivity contribution in [3.05, 3.63) is 0 Å². The van der Waals surface area contributed by atoms with E-state index < -0.39 is 0 Å². The van der Waals surface area contributed by atoms with Gasteiger partial charge < -0.3 is 5.11 Å². The monoisotopic (exact) mass is 286 g/mol. The van der Waals surface area contributed by atoms with Gasteiger partial charge in [-0.25, -0.2) is 0 Å². The van der Waals surface area contributed by atoms with Crippen LogP contribution in [0.3, 0.4) is 0 Å². The van der Waals surface area contributed by atoms with Gasteiger partial charge in [-0.05, 0) is 6.42 Å². The van der Waals surface area contributed by atoms with E-state index in [0.717, 1.165) is 6.42 Å². The van der Waals surface area contributed by atoms with Gasteiger partial charge in [-0.3, -0.25) is 0 Å². The number of unbranched alkanes of at least 4 members (excludes halogenated alkanes) is 3. The molecule has 0 saturated carbocycles. The van der Waals surface area contributed by atoms with Crippen LogP contribution in [-0.4, -0.2) is 14.9 Å². The summed E-state index contributed by atoms with van der Waals surface area (Å²) in [7, 11) is 0. The van der Waals surface area contributed by atoms with Crippen LogP contribution >= 0.6 is 31.9 Å². The Bertz CT molecular complexity index is 94.1. The van der Waals surface area contributed by atoms with E-state index in [9.17, 15) is 0 Å². The van der Waals surface area contributed by atoms with Crippen LogP contribution in [-0.2, 0) is 0 Å². The Balaban J connectivity index is 3.23. The number of alkyl halides is 2. The van der Waals surface area contributed by atoms with Crippen molar-refractivity contribution in [1.82, 2.24) is 0 Å². The first-order valence-corrected chi connectivity index (χ1v) is 5.69. The molecule has 1 nitrogen and oxygen atoms in total. The number of hydrogen-bond donors (Lipinski definition) is 1. The lowest BCUT2D eigenvalue weighted by atomic mass is 10.1. The highest BCUT2D eigenvalue weighted by Gasteiger charge is 2.19. The summed E-state index contributed by atoms with van der Waals surface area (Å²) >= 11 is 6.80. The van der Waals surface area contributed by atoms with Gasteiger partial charge in [-0.1, -0.05) is 64.5 Å². The maximum Gasteiger partial charge on any atom is 0.103 e. The average Bonchev–Trinajstić information content (AvgIpc) is 1.99. The van der Waals surface area contributed by atoms with Crippen LogP contribution in [0.5, 0.6) is 0 Å². The molecule has 0 fully saturated rings. The Labute approximate surface area is 85.8 Å². The predicted molar refractivity (Wildman–Crippen MR) is 56.4 cm³/mol. The zero-order valence-corrected chi connectivity index (χ0v) is 10.1. The zero-order valence-electron chi connectivity index (χ0n) is 6.95. The van der Waals surface area contributed by atoms with E-state index >= 15 is 0 Å². The van der Waals surface area contributed by atoms with Gasteiger partial charge in [0, 0.05) is 0 Å². The normalized spacial score (nSPS) is 12.0. The van der Waals surface area contributed by atoms with Crippen molar-refractivity contribution in [1.29, 1.82) is 0 Å². The Morgan fingerprint density at radius 3 is 2.27 bits per heavy atom. The molecule has 0 bridgehead atoms. The Kier molecular flexibility index (Phi) is 6.98. The lowest BCUT2D eigenvalue weighted by Crippen LogP contribution is -2.16. The summed E-state index contributed by atoms with van der Waals surface area (Å²) in [6, 6.07) is 0. The molecule has 1 N–H and O–H groups in total. The van der Waals surface area contributed by atoms with Crippen molar-refractivity contribution in [2.24, 2.45) is 0 Å². The summed E-state index contributed by atoms with van der Waals surface area (Å²) in [5.74, 6) is 0. The summed E-state index contributed by atoms with van der Waals surface area (Å²) in [5, 5.41) is 8.86. The highest BCUT2D eigenvalue weighted by atomic mass is 79.9. The van der Waals surface area contributed by atoms with Crippen LogP contribution in [0.25, 0.3) is 0 Å². The maximum atomic E-state index is 8.86. The summed E-state index contributed by atoms with van der Waals surface area (Å²) < 4.78 is -0.228. The van der Waals surface area contributed by atoms with Gasteiger partial charge in [0.1, 0.15) is 3.23 Å². The summed E-state index contributed by atoms with van der Waals surface area (Å²) in [5.41, 5.74) is 0. The molecule has 0 atom stereocenters. The van der Waals surface area contributed by atoms with E-state index in [1.54, 1.807) is 0 Å². The van der Waals surface area contributed by atoms with Gasteiger partial charge in [0.15, 0.2) is 0 Å². The summed E-state index contributed by atoms with van der Waals surface area (Å²) in [6.45, 7) is 2.35. The molecule has 0 aliphatic rings. The van der Waals surface area contributed by atoms with Gasteiger partial charge in [0.25, 0.3) is 0 Å². The second-order valence-corrected chi connectivity index (χ2v) is 6.92. The third kappa shape index (κ3) is 7.29. The SMILES string of the molecule is CCCCCCC(Br)(Br)CO. The van der Waals surface area contributed by atoms with Crippen LogP contribution < -0.4 is 0 Å². The molecule has 0 unspecified atom stereocenters. The smallest absolute Gasteiger partial charge is 0.103 e. The standard InChI is InChI=1S/C8H16Br2O/c1-2-3-4-5-6-8(9,10)7-11/h11H,2-7H2,1H3. The lowest BCUT2D eigenvalue weighted by Gasteiger charge is -2.16. The van der Waals surface area contributed by atoms with Gasteiger partial charge in [-0.2, -0.15) is 0 Å². The third-order valence-corrected chi connectivity index (χ3v) is 2.92. The Morgan fingerprint density at radius 1 is 1.18 bits per heavy atom. The molecule has 0 heterocycles. The molecule has 0 aliphatic carbocycles. The molecule has 0 rings (SSSR count). The molecule has 0 aliphatic heterocycles. The molecule has 0 spiro atoms. The first-order valence-electron chi connectivity index (χ1n) is 4.11. The first kappa shape index (κ1) is 11.9. The topological polar surface area (TPSA) is 20.2 Å². The van der Waals surface area contributed by atoms with E-state index in [1.807, 2.05) is 0 Å². The number of halogens is 2. The first-order chi connectivity index (χ1) is 5.12. The fourth-order valence-electron chi connectivity index (χ4n) is 0.889. The van der Waals surface area contributed by atoms with Crippen LogP contribution in [0.15, 0.2) is 0 Å². The molecule has 0 aromatic rings. The quantitative estimate of drug-likeness (QED) is 0.586. The molecular formula is C8H16Br2O. The van der Waals surface area contributed by atoms with Crippen molar-refractivity contribution in [2.45, 2.75) is 42.3 Å². The number of hydrogen-bond acceptors (Lipinski definition) is 1. The van der Waals surface area contributed by atoms with Gasteiger partial charge in [0.05, 0.1) is 6.61 Å². The minimum absolute atomic E-state index is 0.152. The Morgan fingerprint density at radius 2 is 1.82 bits per heavy atom. The van der Waals surface area contributed by atoms with Crippen LogP contribution in [0.4, 0.5) is 0 Å². The summed E-state index contributed by atoms with van der Waals surface area (Å²) in [6.07, 6.45) is 5.97. The minimum Gasteiger partial charge on any atom is -0.394 e. The number of aliphatic hydroxyl groups is 1. The molecular weight excluding hydrogens is 272 g/mol. The minimum atomic E-state index is -0.228. The molecule has 0 saturated heterocycles. The van der Waals surface area contributed by atoms with Crippen molar-refractivity contribution in [3.63, 3.8) is 0 Å². The van der Waals surface area contributed by atoms with E-state index in [4.69, 9.17) is 5.11 Å². The molecule has 11 heavy (non-hydrogen) atoms. The largest absolute Gasteiger partial charge is 0.394 e. The van der Waals surface area contributed by atoms with Gasteiger partial charge in [-0.15, -0.1) is 0 Å². The van der Waals surface area contributed by atoms with Crippen LogP contribution in [0.2, 0.25) is 0 Å². The van der Waals surface area contributed by atoms with Gasteiger partial charge in [0.2, 0.25) is 0 Å². The second-order valence-electron chi connectivity index (χ2n) is 2.82. The zero-order chi connectivity index (χ0) is 8.74. The van der Waals surface area contributed by atoms with Gasteiger partial charge >= 0.3 is 0 Å². The van der Waals surface area contributed by atoms with E-state index in [0.29, 0.717) is 0 Å². The van der Waals surface area contributed by atoms with Crippen molar-refractivity contribution in [3.8, 4) is 0 Å². The lowest BCUT2D eigenvalue weighted by molar-refractivity contribution is 0.282. The van der Waals surface area contributed by atoms with E-state index in [1.165, 1.54) is 25.7 Å². The molecule has 0 aromatic carbocycles. The molecule has 0 amide bonds. The number of rotatable bonds is 6. The third-order valence-electron chi connectivity index (χ3n) is 1.63. The average molecular weight is 288 g/mol. The Hall–Kier alpha value is 0.920. The van der Waals surface area contributed by atoms with Crippen molar-refractivity contribution < 1.29 is 5.11 Å². The number of aliphatic hydroxyl groups excluding tert-OH is 1. The highest BCUT2D eigenvalue weighted by Crippen LogP contribution is 2.31. The second kappa shape index (κ2) is 6.44. The molecule has 3 heteroatoms. The fraction of sp³-hybridized carbons (Fsp3) is 1.00. The van der Waals surface area contributed by atoms with E-state index in [-0.39, 0.29) is 9.84 Å². The molecule has 0 radical (unpaired) electrons. The fourth-order valence-corrected chi connectivity index (χ4v) is 1.45. The maximum absolute atomic E-state index is 8.86. The highest BCUT2D eigenvalue weighted by molar-refractivity contribution is 9.25. The molecule has 68 valence electrons. The van der Waals surface area contributed by atoms with Crippen molar-refractivity contribution >= 4 is 31.9 Å².